The molecule has 1 aliphatic heterocycles. The van der Waals surface area contributed by atoms with Gasteiger partial charge in [-0.1, -0.05) is 19.4 Å². The van der Waals surface area contributed by atoms with E-state index in [0.29, 0.717) is 0 Å². The number of amides is 1. The molecule has 2 rings (SSSR count). The Labute approximate surface area is 123 Å². The third-order valence-corrected chi connectivity index (χ3v) is 4.98. The van der Waals surface area contributed by atoms with E-state index in [1.54, 1.807) is 0 Å². The molecule has 0 aromatic rings. The quantitative estimate of drug-likeness (QED) is 0.758. The second kappa shape index (κ2) is 6.75. The van der Waals surface area contributed by atoms with Gasteiger partial charge in [-0.3, -0.25) is 4.79 Å². The van der Waals surface area contributed by atoms with Crippen LogP contribution in [0.1, 0.15) is 52.4 Å². The molecule has 0 aromatic carbocycles. The fraction of sp³-hybridized carbons (Fsp3) is 0.824. The Morgan fingerprint density at radius 1 is 1.50 bits per heavy atom. The van der Waals surface area contributed by atoms with E-state index in [1.165, 1.54) is 32.4 Å². The van der Waals surface area contributed by atoms with Crippen molar-refractivity contribution in [2.45, 2.75) is 58.4 Å². The molecule has 2 aliphatic rings. The second-order valence-corrected chi connectivity index (χ2v) is 7.01. The first-order chi connectivity index (χ1) is 9.55. The maximum atomic E-state index is 12.5. The third kappa shape index (κ3) is 3.63. The second-order valence-electron chi connectivity index (χ2n) is 7.01. The molecule has 2 fully saturated rings. The predicted molar refractivity (Wildman–Crippen MR) is 83.5 cm³/mol. The van der Waals surface area contributed by atoms with Crippen LogP contribution in [0.3, 0.4) is 0 Å². The van der Waals surface area contributed by atoms with E-state index >= 15 is 0 Å². The minimum atomic E-state index is -0.134. The summed E-state index contributed by atoms with van der Waals surface area (Å²) in [6.07, 6.45) is 8.60. The molecule has 0 unspecified atom stereocenters. The van der Waals surface area contributed by atoms with Crippen molar-refractivity contribution in [3.05, 3.63) is 12.7 Å². The number of nitrogens with one attached hydrogen (secondary N) is 1. The van der Waals surface area contributed by atoms with E-state index in [-0.39, 0.29) is 17.4 Å². The summed E-state index contributed by atoms with van der Waals surface area (Å²) in [5.41, 5.74) is -0.134. The Morgan fingerprint density at radius 3 is 2.80 bits per heavy atom. The SMILES string of the molecule is C=CCC1(C(=O)N[C@@H](C)CN2CCC[C@H](C)C2)CCC1. The van der Waals surface area contributed by atoms with Gasteiger partial charge in [0.05, 0.1) is 5.41 Å². The fourth-order valence-corrected chi connectivity index (χ4v) is 3.67. The molecule has 1 saturated carbocycles. The largest absolute Gasteiger partial charge is 0.352 e. The van der Waals surface area contributed by atoms with Gasteiger partial charge in [-0.15, -0.1) is 6.58 Å². The molecule has 20 heavy (non-hydrogen) atoms. The van der Waals surface area contributed by atoms with E-state index in [0.717, 1.165) is 31.7 Å². The number of carbonyl (C=O) groups excluding carboxylic acids is 1. The number of nitrogens with zero attached hydrogens (tertiary/aromatic N) is 1. The number of hydrogen-bond donors (Lipinski definition) is 1. The molecule has 2 atom stereocenters. The van der Waals surface area contributed by atoms with E-state index in [4.69, 9.17) is 0 Å². The first-order valence-corrected chi connectivity index (χ1v) is 8.20. The van der Waals surface area contributed by atoms with Crippen molar-refractivity contribution in [2.75, 3.05) is 19.6 Å². The van der Waals surface area contributed by atoms with Crippen molar-refractivity contribution in [2.24, 2.45) is 11.3 Å². The summed E-state index contributed by atoms with van der Waals surface area (Å²) in [4.78, 5) is 15.0. The van der Waals surface area contributed by atoms with Gasteiger partial charge in [0.25, 0.3) is 0 Å². The van der Waals surface area contributed by atoms with Gasteiger partial charge < -0.3 is 10.2 Å². The molecule has 0 aromatic heterocycles. The highest BCUT2D eigenvalue weighted by molar-refractivity contribution is 5.84. The molecule has 1 aliphatic carbocycles. The number of likely N-dealkylation sites (tertiary alicyclic amines) is 1. The highest BCUT2D eigenvalue weighted by atomic mass is 16.2. The van der Waals surface area contributed by atoms with Gasteiger partial charge in [0, 0.05) is 19.1 Å². The predicted octanol–water partition coefficient (Wildman–Crippen LogP) is 2.97. The van der Waals surface area contributed by atoms with Crippen molar-refractivity contribution >= 4 is 5.91 Å². The van der Waals surface area contributed by atoms with Crippen molar-refractivity contribution in [1.29, 1.82) is 0 Å². The average molecular weight is 278 g/mol. The Balaban J connectivity index is 1.80. The standard InChI is InChI=1S/C17H30N2O/c1-4-8-17(9-6-10-17)16(20)18-15(3)13-19-11-5-7-14(2)12-19/h4,14-15H,1,5-13H2,2-3H3,(H,18,20)/t14-,15-/m0/s1. The molecule has 0 radical (unpaired) electrons. The maximum Gasteiger partial charge on any atom is 0.226 e. The van der Waals surface area contributed by atoms with Gasteiger partial charge in [0.2, 0.25) is 5.91 Å². The molecular formula is C17H30N2O. The van der Waals surface area contributed by atoms with Crippen molar-refractivity contribution in [3.8, 4) is 0 Å². The smallest absolute Gasteiger partial charge is 0.226 e. The molecule has 0 bridgehead atoms. The summed E-state index contributed by atoms with van der Waals surface area (Å²) in [5.74, 6) is 1.05. The van der Waals surface area contributed by atoms with Crippen LogP contribution < -0.4 is 5.32 Å². The monoisotopic (exact) mass is 278 g/mol. The highest BCUT2D eigenvalue weighted by Crippen LogP contribution is 2.44. The van der Waals surface area contributed by atoms with E-state index in [1.807, 2.05) is 6.08 Å². The number of piperidine rings is 1. The molecule has 1 heterocycles. The van der Waals surface area contributed by atoms with Gasteiger partial charge in [-0.05, 0) is 51.5 Å². The summed E-state index contributed by atoms with van der Waals surface area (Å²) in [6.45, 7) is 11.6. The van der Waals surface area contributed by atoms with E-state index in [2.05, 4.69) is 30.6 Å². The first kappa shape index (κ1) is 15.6. The van der Waals surface area contributed by atoms with Gasteiger partial charge in [-0.25, -0.2) is 0 Å². The molecule has 3 nitrogen and oxygen atoms in total. The molecular weight excluding hydrogens is 248 g/mol. The van der Waals surface area contributed by atoms with Crippen molar-refractivity contribution in [1.82, 2.24) is 10.2 Å². The lowest BCUT2D eigenvalue weighted by atomic mass is 9.66. The Kier molecular flexibility index (Phi) is 5.25. The average Bonchev–Trinajstić information content (AvgIpc) is 2.33. The van der Waals surface area contributed by atoms with Gasteiger partial charge in [-0.2, -0.15) is 0 Å². The zero-order chi connectivity index (χ0) is 14.6. The number of carbonyl (C=O) groups is 1. The summed E-state index contributed by atoms with van der Waals surface area (Å²) in [6, 6.07) is 0.245. The maximum absolute atomic E-state index is 12.5. The highest BCUT2D eigenvalue weighted by Gasteiger charge is 2.43. The minimum Gasteiger partial charge on any atom is -0.352 e. The van der Waals surface area contributed by atoms with Crippen LogP contribution in [-0.4, -0.2) is 36.5 Å². The van der Waals surface area contributed by atoms with E-state index in [9.17, 15) is 4.79 Å². The number of rotatable bonds is 6. The Morgan fingerprint density at radius 2 is 2.25 bits per heavy atom. The van der Waals surface area contributed by atoms with Crippen molar-refractivity contribution in [3.63, 3.8) is 0 Å². The zero-order valence-corrected chi connectivity index (χ0v) is 13.2. The van der Waals surface area contributed by atoms with E-state index < -0.39 is 0 Å². The summed E-state index contributed by atoms with van der Waals surface area (Å²) in [7, 11) is 0. The fourth-order valence-electron chi connectivity index (χ4n) is 3.67. The van der Waals surface area contributed by atoms with Crippen LogP contribution in [0.4, 0.5) is 0 Å². The van der Waals surface area contributed by atoms with Gasteiger partial charge in [0.1, 0.15) is 0 Å². The lowest BCUT2D eigenvalue weighted by Gasteiger charge is -2.41. The molecule has 0 spiro atoms. The molecule has 1 amide bonds. The lowest BCUT2D eigenvalue weighted by Crippen LogP contribution is -2.51. The zero-order valence-electron chi connectivity index (χ0n) is 13.2. The Hall–Kier alpha value is -0.830. The van der Waals surface area contributed by atoms with Crippen molar-refractivity contribution < 1.29 is 4.79 Å². The van der Waals surface area contributed by atoms with Crippen LogP contribution in [0.25, 0.3) is 0 Å². The summed E-state index contributed by atoms with van der Waals surface area (Å²) in [5, 5.41) is 3.24. The third-order valence-electron chi connectivity index (χ3n) is 4.98. The molecule has 1 saturated heterocycles. The molecule has 3 heteroatoms. The molecule has 1 N–H and O–H groups in total. The first-order valence-electron chi connectivity index (χ1n) is 8.20. The summed E-state index contributed by atoms with van der Waals surface area (Å²) < 4.78 is 0. The summed E-state index contributed by atoms with van der Waals surface area (Å²) >= 11 is 0. The topological polar surface area (TPSA) is 32.3 Å². The van der Waals surface area contributed by atoms with Crippen LogP contribution >= 0.6 is 0 Å². The van der Waals surface area contributed by atoms with Gasteiger partial charge >= 0.3 is 0 Å². The van der Waals surface area contributed by atoms with Crippen LogP contribution in [0, 0.1) is 11.3 Å². The Bertz CT molecular complexity index is 349. The number of allylic oxidation sites excluding steroid dienone is 1. The minimum absolute atomic E-state index is 0.134. The van der Waals surface area contributed by atoms with Crippen LogP contribution in [0.2, 0.25) is 0 Å². The van der Waals surface area contributed by atoms with Crippen LogP contribution in [0.15, 0.2) is 12.7 Å². The normalized spacial score (nSPS) is 27.4. The number of hydrogen-bond acceptors (Lipinski definition) is 2. The van der Waals surface area contributed by atoms with Crippen LogP contribution in [-0.2, 0) is 4.79 Å². The van der Waals surface area contributed by atoms with Crippen LogP contribution in [0.5, 0.6) is 0 Å². The molecule has 114 valence electrons. The van der Waals surface area contributed by atoms with Gasteiger partial charge in [0.15, 0.2) is 0 Å². The lowest BCUT2D eigenvalue weighted by molar-refractivity contribution is -0.136.